The zero-order chi connectivity index (χ0) is 12.5. The molecule has 17 heavy (non-hydrogen) atoms. The Bertz CT molecular complexity index is 370. The van der Waals surface area contributed by atoms with Gasteiger partial charge in [0.25, 0.3) is 0 Å². The molecular weight excluding hydrogens is 212 g/mol. The second-order valence-electron chi connectivity index (χ2n) is 4.08. The molecule has 1 heterocycles. The summed E-state index contributed by atoms with van der Waals surface area (Å²) in [4.78, 5) is 6.48. The van der Waals surface area contributed by atoms with Gasteiger partial charge in [-0.05, 0) is 19.5 Å². The van der Waals surface area contributed by atoms with Crippen molar-refractivity contribution in [2.75, 3.05) is 25.5 Å². The molecule has 0 saturated heterocycles. The molecule has 1 aromatic heterocycles. The van der Waals surface area contributed by atoms with Gasteiger partial charge < -0.3 is 10.2 Å². The zero-order valence-electron chi connectivity index (χ0n) is 10.6. The molecule has 0 aliphatic heterocycles. The molecule has 0 radical (unpaired) electrons. The second kappa shape index (κ2) is 7.64. The molecule has 0 fully saturated rings. The van der Waals surface area contributed by atoms with Gasteiger partial charge >= 0.3 is 0 Å². The van der Waals surface area contributed by atoms with Gasteiger partial charge in [0, 0.05) is 37.8 Å². The summed E-state index contributed by atoms with van der Waals surface area (Å²) >= 11 is 0. The van der Waals surface area contributed by atoms with E-state index in [4.69, 9.17) is 5.26 Å². The van der Waals surface area contributed by atoms with E-state index in [0.29, 0.717) is 6.42 Å². The molecule has 1 aromatic rings. The predicted octanol–water partition coefficient (Wildman–Crippen LogP) is 2.25. The van der Waals surface area contributed by atoms with E-state index in [0.717, 1.165) is 31.9 Å². The van der Waals surface area contributed by atoms with Crippen LogP contribution in [0.2, 0.25) is 0 Å². The number of rotatable bonds is 7. The van der Waals surface area contributed by atoms with Crippen molar-refractivity contribution < 1.29 is 0 Å². The van der Waals surface area contributed by atoms with Crippen molar-refractivity contribution in [2.45, 2.75) is 26.3 Å². The highest BCUT2D eigenvalue weighted by molar-refractivity contribution is 5.43. The summed E-state index contributed by atoms with van der Waals surface area (Å²) in [6, 6.07) is 6.19. The van der Waals surface area contributed by atoms with Gasteiger partial charge in [-0.1, -0.05) is 13.0 Å². The Morgan fingerprint density at radius 1 is 1.53 bits per heavy atom. The van der Waals surface area contributed by atoms with Crippen LogP contribution < -0.4 is 5.32 Å². The lowest BCUT2D eigenvalue weighted by molar-refractivity contribution is 0.335. The molecule has 0 aromatic carbocycles. The van der Waals surface area contributed by atoms with Crippen LogP contribution in [0, 0.1) is 11.3 Å². The summed E-state index contributed by atoms with van der Waals surface area (Å²) < 4.78 is 0. The highest BCUT2D eigenvalue weighted by Gasteiger charge is 2.05. The topological polar surface area (TPSA) is 52.0 Å². The van der Waals surface area contributed by atoms with Crippen molar-refractivity contribution >= 4 is 5.82 Å². The molecule has 0 unspecified atom stereocenters. The summed E-state index contributed by atoms with van der Waals surface area (Å²) in [7, 11) is 2.02. The molecule has 0 bridgehead atoms. The van der Waals surface area contributed by atoms with Crippen LogP contribution in [0.25, 0.3) is 0 Å². The van der Waals surface area contributed by atoms with Gasteiger partial charge in [0.1, 0.15) is 5.82 Å². The minimum Gasteiger partial charge on any atom is -0.370 e. The highest BCUT2D eigenvalue weighted by atomic mass is 15.1. The summed E-state index contributed by atoms with van der Waals surface area (Å²) in [6.45, 7) is 4.68. The van der Waals surface area contributed by atoms with Gasteiger partial charge in [-0.25, -0.2) is 4.98 Å². The van der Waals surface area contributed by atoms with Crippen LogP contribution in [0.15, 0.2) is 18.3 Å². The van der Waals surface area contributed by atoms with E-state index in [1.165, 1.54) is 5.56 Å². The van der Waals surface area contributed by atoms with E-state index in [2.05, 4.69) is 34.3 Å². The first-order valence-corrected chi connectivity index (χ1v) is 6.01. The fourth-order valence-corrected chi connectivity index (χ4v) is 1.58. The van der Waals surface area contributed by atoms with Crippen molar-refractivity contribution in [3.8, 4) is 6.07 Å². The molecule has 0 amide bonds. The molecular formula is C13H20N4. The van der Waals surface area contributed by atoms with Gasteiger partial charge in [-0.15, -0.1) is 0 Å². The Morgan fingerprint density at radius 3 is 3.06 bits per heavy atom. The Balaban J connectivity index is 2.59. The molecule has 1 rings (SSSR count). The van der Waals surface area contributed by atoms with Crippen molar-refractivity contribution in [3.05, 3.63) is 23.9 Å². The lowest BCUT2D eigenvalue weighted by Gasteiger charge is -2.17. The third-order valence-electron chi connectivity index (χ3n) is 2.48. The molecule has 1 N–H and O–H groups in total. The van der Waals surface area contributed by atoms with E-state index in [9.17, 15) is 0 Å². The van der Waals surface area contributed by atoms with E-state index < -0.39 is 0 Å². The van der Waals surface area contributed by atoms with Gasteiger partial charge in [0.2, 0.25) is 0 Å². The van der Waals surface area contributed by atoms with E-state index in [1.54, 1.807) is 6.20 Å². The lowest BCUT2D eigenvalue weighted by atomic mass is 10.2. The molecule has 0 aliphatic rings. The predicted molar refractivity (Wildman–Crippen MR) is 69.6 cm³/mol. The fraction of sp³-hybridized carbons (Fsp3) is 0.538. The van der Waals surface area contributed by atoms with Gasteiger partial charge in [-0.2, -0.15) is 5.26 Å². The van der Waals surface area contributed by atoms with Crippen LogP contribution in [0.3, 0.4) is 0 Å². The Labute approximate surface area is 103 Å². The fourth-order valence-electron chi connectivity index (χ4n) is 1.58. The number of nitriles is 1. The maximum absolute atomic E-state index is 8.55. The number of aromatic nitrogens is 1. The number of anilines is 1. The standard InChI is InChI=1S/C13H20N4/c1-3-8-15-13-12(6-4-9-16-13)11-17(2)10-5-7-14/h4,6,9H,3,5,8,10-11H2,1-2H3,(H,15,16). The smallest absolute Gasteiger partial charge is 0.130 e. The Morgan fingerprint density at radius 2 is 2.35 bits per heavy atom. The molecule has 4 heteroatoms. The van der Waals surface area contributed by atoms with Crippen LogP contribution >= 0.6 is 0 Å². The molecule has 92 valence electrons. The summed E-state index contributed by atoms with van der Waals surface area (Å²) in [6.07, 6.45) is 3.45. The Hall–Kier alpha value is -1.60. The van der Waals surface area contributed by atoms with Crippen LogP contribution in [0.1, 0.15) is 25.3 Å². The summed E-state index contributed by atoms with van der Waals surface area (Å²) in [5.74, 6) is 0.957. The van der Waals surface area contributed by atoms with Crippen LogP contribution in [-0.2, 0) is 6.54 Å². The molecule has 0 saturated carbocycles. The largest absolute Gasteiger partial charge is 0.370 e. The minimum atomic E-state index is 0.564. The third-order valence-corrected chi connectivity index (χ3v) is 2.48. The summed E-state index contributed by atoms with van der Waals surface area (Å²) in [5.41, 5.74) is 1.18. The van der Waals surface area contributed by atoms with Crippen molar-refractivity contribution in [1.82, 2.24) is 9.88 Å². The number of nitrogens with one attached hydrogen (secondary N) is 1. The molecule has 0 spiro atoms. The second-order valence-corrected chi connectivity index (χ2v) is 4.08. The monoisotopic (exact) mass is 232 g/mol. The first kappa shape index (κ1) is 13.5. The lowest BCUT2D eigenvalue weighted by Crippen LogP contribution is -2.20. The van der Waals surface area contributed by atoms with Crippen LogP contribution in [0.4, 0.5) is 5.82 Å². The number of nitrogens with zero attached hydrogens (tertiary/aromatic N) is 3. The minimum absolute atomic E-state index is 0.564. The maximum atomic E-state index is 8.55. The highest BCUT2D eigenvalue weighted by Crippen LogP contribution is 2.13. The quantitative estimate of drug-likeness (QED) is 0.783. The number of hydrogen-bond donors (Lipinski definition) is 1. The zero-order valence-corrected chi connectivity index (χ0v) is 10.6. The SMILES string of the molecule is CCCNc1ncccc1CN(C)CCC#N. The third kappa shape index (κ3) is 4.83. The van der Waals surface area contributed by atoms with Crippen LogP contribution in [-0.4, -0.2) is 30.0 Å². The maximum Gasteiger partial charge on any atom is 0.130 e. The van der Waals surface area contributed by atoms with Gasteiger partial charge in [0.15, 0.2) is 0 Å². The molecule has 0 aliphatic carbocycles. The Kier molecular flexibility index (Phi) is 6.05. The molecule has 4 nitrogen and oxygen atoms in total. The van der Waals surface area contributed by atoms with E-state index in [-0.39, 0.29) is 0 Å². The van der Waals surface area contributed by atoms with Crippen LogP contribution in [0.5, 0.6) is 0 Å². The first-order valence-electron chi connectivity index (χ1n) is 6.01. The van der Waals surface area contributed by atoms with E-state index in [1.807, 2.05) is 13.1 Å². The average molecular weight is 232 g/mol. The first-order chi connectivity index (χ1) is 8.27. The number of hydrogen-bond acceptors (Lipinski definition) is 4. The average Bonchev–Trinajstić information content (AvgIpc) is 2.35. The van der Waals surface area contributed by atoms with Crippen molar-refractivity contribution in [2.24, 2.45) is 0 Å². The molecule has 0 atom stereocenters. The van der Waals surface area contributed by atoms with Gasteiger partial charge in [0.05, 0.1) is 6.07 Å². The normalized spacial score (nSPS) is 10.2. The van der Waals surface area contributed by atoms with E-state index >= 15 is 0 Å². The summed E-state index contributed by atoms with van der Waals surface area (Å²) in [5, 5.41) is 11.9. The van der Waals surface area contributed by atoms with Crippen molar-refractivity contribution in [3.63, 3.8) is 0 Å². The number of pyridine rings is 1. The van der Waals surface area contributed by atoms with Crippen molar-refractivity contribution in [1.29, 1.82) is 5.26 Å². The van der Waals surface area contributed by atoms with Gasteiger partial charge in [-0.3, -0.25) is 0 Å².